The number of nitrogens with zero attached hydrogens (tertiary/aromatic N) is 1. The lowest BCUT2D eigenvalue weighted by Gasteiger charge is -2.11. The van der Waals surface area contributed by atoms with Crippen LogP contribution in [0.5, 0.6) is 0 Å². The van der Waals surface area contributed by atoms with Crippen LogP contribution in [-0.2, 0) is 6.42 Å². The second-order valence-electron chi connectivity index (χ2n) is 8.60. The van der Waals surface area contributed by atoms with Crippen LogP contribution in [0.15, 0.2) is 91.5 Å². The predicted octanol–water partition coefficient (Wildman–Crippen LogP) is 8.89. The molecule has 1 aliphatic carbocycles. The minimum Gasteiger partial charge on any atom is -0.308 e. The zero-order chi connectivity index (χ0) is 28.8. The van der Waals surface area contributed by atoms with E-state index in [1.165, 1.54) is 34.0 Å². The average molecular weight is 517 g/mol. The maximum absolute atomic E-state index is 8.11. The smallest absolute Gasteiger partial charge is 0.0716 e. The van der Waals surface area contributed by atoms with Crippen molar-refractivity contribution in [2.24, 2.45) is 0 Å². The molecule has 5 rings (SSSR count). The number of rotatable bonds is 4. The monoisotopic (exact) mass is 516 g/mol. The highest BCUT2D eigenvalue weighted by Gasteiger charge is 2.20. The number of aromatic nitrogens is 1. The largest absolute Gasteiger partial charge is 0.308 e. The fraction of sp³-hybridized carbons (Fsp3) is 0.216. The molecule has 0 saturated heterocycles. The molecule has 0 bridgehead atoms. The summed E-state index contributed by atoms with van der Waals surface area (Å²) in [6, 6.07) is 25.5. The number of aryl methyl sites for hydroxylation is 1. The normalized spacial score (nSPS) is 11.8. The molecule has 0 aliphatic heterocycles. The molecule has 2 heteroatoms. The Bertz CT molecular complexity index is 1520. The molecule has 0 spiro atoms. The molecule has 3 aromatic carbocycles. The van der Waals surface area contributed by atoms with Crippen molar-refractivity contribution in [3.8, 4) is 16.8 Å². The van der Waals surface area contributed by atoms with E-state index in [9.17, 15) is 0 Å². The van der Waals surface area contributed by atoms with Crippen molar-refractivity contribution in [3.05, 3.63) is 130 Å². The Morgan fingerprint density at radius 1 is 0.821 bits per heavy atom. The summed E-state index contributed by atoms with van der Waals surface area (Å²) in [5, 5.41) is 10.3. The van der Waals surface area contributed by atoms with E-state index < -0.39 is 0 Å². The highest BCUT2D eigenvalue weighted by atomic mass is 15.0. The molecule has 0 saturated carbocycles. The Morgan fingerprint density at radius 2 is 1.46 bits per heavy atom. The van der Waals surface area contributed by atoms with Crippen molar-refractivity contribution >= 4 is 24.4 Å². The molecule has 0 amide bonds. The lowest BCUT2D eigenvalue weighted by Crippen LogP contribution is -2.29. The van der Waals surface area contributed by atoms with E-state index >= 15 is 0 Å². The first-order chi connectivity index (χ1) is 19.1. The first-order valence-electron chi connectivity index (χ1n) is 14.0. The number of benzene rings is 3. The van der Waals surface area contributed by atoms with Gasteiger partial charge in [0.15, 0.2) is 0 Å². The third kappa shape index (κ3) is 7.03. The Morgan fingerprint density at radius 3 is 2.03 bits per heavy atom. The lowest BCUT2D eigenvalue weighted by atomic mass is 10.1. The van der Waals surface area contributed by atoms with Crippen LogP contribution in [0, 0.1) is 12.3 Å². The standard InChI is InChI=1S/C26H24N2.C7H8.2C2H6/c1-4-9-22-23(10-5-2)26(17-27)28(25(22)6-3)20-14-13-19-15-18-11-7-8-12-21(18)24(19)16-20;1-7-5-3-2-4-6-7;2*1-2/h4-14,16-17,27H,1,15H2,2-3H3;2-6H,1H3;2*1-2H3/b10-5-,22-9-,25-6+,27-17?;;;. The van der Waals surface area contributed by atoms with E-state index in [0.29, 0.717) is 0 Å². The van der Waals surface area contributed by atoms with Gasteiger partial charge in [0.25, 0.3) is 0 Å². The van der Waals surface area contributed by atoms with Crippen LogP contribution < -0.4 is 10.6 Å². The second kappa shape index (κ2) is 15.9. The van der Waals surface area contributed by atoms with E-state index in [4.69, 9.17) is 5.41 Å². The Kier molecular flexibility index (Phi) is 12.7. The summed E-state index contributed by atoms with van der Waals surface area (Å²) in [5.41, 5.74) is 9.68. The van der Waals surface area contributed by atoms with Crippen molar-refractivity contribution in [1.29, 1.82) is 5.41 Å². The third-order valence-electron chi connectivity index (χ3n) is 6.33. The van der Waals surface area contributed by atoms with Crippen molar-refractivity contribution in [3.63, 3.8) is 0 Å². The molecular formula is C37H44N2. The molecule has 1 aromatic heterocycles. The van der Waals surface area contributed by atoms with Crippen molar-refractivity contribution in [2.75, 3.05) is 0 Å². The number of fused-ring (bicyclic) bond motifs is 3. The number of hydrogen-bond acceptors (Lipinski definition) is 1. The number of allylic oxidation sites excluding steroid dienone is 2. The Labute approximate surface area is 235 Å². The maximum atomic E-state index is 8.11. The van der Waals surface area contributed by atoms with Gasteiger partial charge in [-0.05, 0) is 61.6 Å². The van der Waals surface area contributed by atoms with Gasteiger partial charge in [0, 0.05) is 28.0 Å². The van der Waals surface area contributed by atoms with Crippen LogP contribution in [-0.4, -0.2) is 10.8 Å². The molecule has 1 aliphatic rings. The SMILES string of the molecule is C=C/C=c1/c(/C=C\C)c(C=N)n(-c2ccc3c(c2)-c2ccccc2C3)/c1=C/C.CC.CC.Cc1ccccc1. The molecule has 39 heavy (non-hydrogen) atoms. The zero-order valence-electron chi connectivity index (χ0n) is 24.8. The highest BCUT2D eigenvalue weighted by molar-refractivity contribution is 5.85. The summed E-state index contributed by atoms with van der Waals surface area (Å²) in [7, 11) is 0. The van der Waals surface area contributed by atoms with E-state index in [0.717, 1.165) is 33.9 Å². The van der Waals surface area contributed by atoms with Gasteiger partial charge in [-0.2, -0.15) is 0 Å². The molecular weight excluding hydrogens is 472 g/mol. The van der Waals surface area contributed by atoms with Gasteiger partial charge in [0.2, 0.25) is 0 Å². The van der Waals surface area contributed by atoms with Gasteiger partial charge < -0.3 is 9.98 Å². The molecule has 2 nitrogen and oxygen atoms in total. The van der Waals surface area contributed by atoms with Gasteiger partial charge in [-0.1, -0.05) is 131 Å². The van der Waals surface area contributed by atoms with Gasteiger partial charge in [0.1, 0.15) is 0 Å². The summed E-state index contributed by atoms with van der Waals surface area (Å²) in [5.74, 6) is 0. The van der Waals surface area contributed by atoms with Gasteiger partial charge in [-0.15, -0.1) is 0 Å². The van der Waals surface area contributed by atoms with E-state index in [-0.39, 0.29) is 0 Å². The van der Waals surface area contributed by atoms with Crippen LogP contribution >= 0.6 is 0 Å². The molecule has 4 aromatic rings. The van der Waals surface area contributed by atoms with Crippen molar-refractivity contribution in [1.82, 2.24) is 4.57 Å². The molecule has 1 N–H and O–H groups in total. The Balaban J connectivity index is 0.000000412. The van der Waals surface area contributed by atoms with Crippen LogP contribution in [0.4, 0.5) is 0 Å². The minimum absolute atomic E-state index is 0.880. The molecule has 1 heterocycles. The summed E-state index contributed by atoms with van der Waals surface area (Å²) >= 11 is 0. The summed E-state index contributed by atoms with van der Waals surface area (Å²) in [4.78, 5) is 0. The topological polar surface area (TPSA) is 28.8 Å². The number of nitrogens with one attached hydrogen (secondary N) is 1. The fourth-order valence-electron chi connectivity index (χ4n) is 4.77. The minimum atomic E-state index is 0.880. The highest BCUT2D eigenvalue weighted by Crippen LogP contribution is 2.37. The van der Waals surface area contributed by atoms with Gasteiger partial charge in [0.05, 0.1) is 5.69 Å². The third-order valence-corrected chi connectivity index (χ3v) is 6.33. The second-order valence-corrected chi connectivity index (χ2v) is 8.60. The fourth-order valence-corrected chi connectivity index (χ4v) is 4.77. The lowest BCUT2D eigenvalue weighted by molar-refractivity contribution is 1.01. The van der Waals surface area contributed by atoms with Crippen molar-refractivity contribution < 1.29 is 0 Å². The first-order valence-corrected chi connectivity index (χ1v) is 14.0. The van der Waals surface area contributed by atoms with Gasteiger partial charge in [-0.3, -0.25) is 0 Å². The van der Waals surface area contributed by atoms with Crippen LogP contribution in [0.3, 0.4) is 0 Å². The van der Waals surface area contributed by atoms with Crippen LogP contribution in [0.25, 0.3) is 35.0 Å². The quantitative estimate of drug-likeness (QED) is 0.231. The molecule has 0 fully saturated rings. The summed E-state index contributed by atoms with van der Waals surface area (Å²) in [6.45, 7) is 18.0. The van der Waals surface area contributed by atoms with E-state index in [2.05, 4.69) is 84.8 Å². The molecule has 0 unspecified atom stereocenters. The molecule has 202 valence electrons. The maximum Gasteiger partial charge on any atom is 0.0716 e. The Hall–Kier alpha value is -4.17. The summed E-state index contributed by atoms with van der Waals surface area (Å²) < 4.78 is 2.18. The van der Waals surface area contributed by atoms with Crippen LogP contribution in [0.2, 0.25) is 0 Å². The first kappa shape index (κ1) is 31.1. The van der Waals surface area contributed by atoms with E-state index in [1.54, 1.807) is 0 Å². The van der Waals surface area contributed by atoms with Gasteiger partial charge >= 0.3 is 0 Å². The average Bonchev–Trinajstić information content (AvgIpc) is 3.51. The molecule has 0 atom stereocenters. The number of hydrogen-bond donors (Lipinski definition) is 1. The molecule has 0 radical (unpaired) electrons. The van der Waals surface area contributed by atoms with Crippen molar-refractivity contribution in [2.45, 2.75) is 54.9 Å². The summed E-state index contributed by atoms with van der Waals surface area (Å²) in [6.07, 6.45) is 12.5. The van der Waals surface area contributed by atoms with Gasteiger partial charge in [-0.25, -0.2) is 0 Å². The zero-order valence-corrected chi connectivity index (χ0v) is 24.8. The van der Waals surface area contributed by atoms with E-state index in [1.807, 2.05) is 78.0 Å². The van der Waals surface area contributed by atoms with Crippen LogP contribution in [0.1, 0.15) is 69.5 Å². The predicted molar refractivity (Wildman–Crippen MR) is 175 cm³/mol.